The molecular formula is C13H13ClF3N3. The van der Waals surface area contributed by atoms with Gasteiger partial charge in [0.1, 0.15) is 0 Å². The van der Waals surface area contributed by atoms with E-state index in [0.717, 1.165) is 12.1 Å². The number of hydrogen-bond acceptors (Lipinski definition) is 2. The number of rotatable bonds is 2. The molecule has 0 bridgehead atoms. The van der Waals surface area contributed by atoms with E-state index in [2.05, 4.69) is 4.98 Å². The number of nitrogens with two attached hydrogens (primary N) is 1. The van der Waals surface area contributed by atoms with Gasteiger partial charge in [0.05, 0.1) is 40.0 Å². The number of hydrogen-bond donors (Lipinski definition) is 1. The van der Waals surface area contributed by atoms with Crippen LogP contribution in [0.2, 0.25) is 5.02 Å². The Hall–Kier alpha value is -1.53. The monoisotopic (exact) mass is 303 g/mol. The summed E-state index contributed by atoms with van der Waals surface area (Å²) < 4.78 is 39.4. The minimum absolute atomic E-state index is 0.0108. The Morgan fingerprint density at radius 2 is 1.90 bits per heavy atom. The average molecular weight is 304 g/mol. The molecule has 20 heavy (non-hydrogen) atoms. The van der Waals surface area contributed by atoms with Crippen LogP contribution in [0.5, 0.6) is 0 Å². The van der Waals surface area contributed by atoms with Crippen molar-refractivity contribution in [1.29, 1.82) is 0 Å². The van der Waals surface area contributed by atoms with E-state index >= 15 is 0 Å². The standard InChI is InChI=1S/C13H13ClF3N3/c1-12(2,18)11-6-19-7-20(11)10-4-3-8(5-9(10)14)13(15,16)17/h3-7H,18H2,1-2H3. The van der Waals surface area contributed by atoms with E-state index in [-0.39, 0.29) is 5.02 Å². The second-order valence-corrected chi connectivity index (χ2v) is 5.44. The zero-order chi connectivity index (χ0) is 15.1. The van der Waals surface area contributed by atoms with Crippen molar-refractivity contribution in [2.45, 2.75) is 25.6 Å². The molecule has 0 spiro atoms. The van der Waals surface area contributed by atoms with E-state index in [9.17, 15) is 13.2 Å². The van der Waals surface area contributed by atoms with Gasteiger partial charge in [-0.1, -0.05) is 11.6 Å². The van der Waals surface area contributed by atoms with Crippen LogP contribution < -0.4 is 5.73 Å². The van der Waals surface area contributed by atoms with E-state index in [4.69, 9.17) is 17.3 Å². The highest BCUT2D eigenvalue weighted by Gasteiger charge is 2.31. The quantitative estimate of drug-likeness (QED) is 0.918. The Kier molecular flexibility index (Phi) is 3.56. The maximum Gasteiger partial charge on any atom is 0.416 e. The first-order valence-electron chi connectivity index (χ1n) is 5.79. The van der Waals surface area contributed by atoms with Gasteiger partial charge in [-0.2, -0.15) is 13.2 Å². The van der Waals surface area contributed by atoms with E-state index < -0.39 is 17.3 Å². The molecule has 2 N–H and O–H groups in total. The maximum atomic E-state index is 12.6. The molecule has 1 heterocycles. The zero-order valence-corrected chi connectivity index (χ0v) is 11.6. The van der Waals surface area contributed by atoms with Crippen LogP contribution in [-0.4, -0.2) is 9.55 Å². The van der Waals surface area contributed by atoms with Crippen molar-refractivity contribution in [2.24, 2.45) is 5.73 Å². The third-order valence-corrected chi connectivity index (χ3v) is 3.14. The molecule has 3 nitrogen and oxygen atoms in total. The topological polar surface area (TPSA) is 43.8 Å². The molecule has 1 aromatic heterocycles. The summed E-state index contributed by atoms with van der Waals surface area (Å²) in [6, 6.07) is 3.18. The third-order valence-electron chi connectivity index (χ3n) is 2.83. The molecule has 108 valence electrons. The van der Waals surface area contributed by atoms with Crippen LogP contribution in [0.25, 0.3) is 5.69 Å². The minimum Gasteiger partial charge on any atom is -0.321 e. The summed E-state index contributed by atoms with van der Waals surface area (Å²) in [5.41, 5.74) is 5.58. The summed E-state index contributed by atoms with van der Waals surface area (Å²) in [6.45, 7) is 3.55. The lowest BCUT2D eigenvalue weighted by atomic mass is 10.0. The molecule has 0 saturated heterocycles. The molecule has 2 aromatic rings. The Bertz CT molecular complexity index is 627. The average Bonchev–Trinajstić information content (AvgIpc) is 2.75. The molecule has 0 aliphatic carbocycles. The van der Waals surface area contributed by atoms with E-state index in [0.29, 0.717) is 11.4 Å². The Morgan fingerprint density at radius 3 is 2.40 bits per heavy atom. The van der Waals surface area contributed by atoms with Gasteiger partial charge in [0.2, 0.25) is 0 Å². The van der Waals surface area contributed by atoms with Crippen LogP contribution in [-0.2, 0) is 11.7 Å². The first kappa shape index (κ1) is 14.9. The van der Waals surface area contributed by atoms with Gasteiger partial charge in [-0.25, -0.2) is 4.98 Å². The van der Waals surface area contributed by atoms with Gasteiger partial charge in [-0.05, 0) is 32.0 Å². The SMILES string of the molecule is CC(C)(N)c1cncn1-c1ccc(C(F)(F)F)cc1Cl. The summed E-state index contributed by atoms with van der Waals surface area (Å²) in [5, 5.41) is -0.0108. The molecule has 0 unspecified atom stereocenters. The lowest BCUT2D eigenvalue weighted by Gasteiger charge is -2.21. The number of nitrogens with zero attached hydrogens (tertiary/aromatic N) is 2. The fraction of sp³-hybridized carbons (Fsp3) is 0.308. The second kappa shape index (κ2) is 4.79. The molecular weight excluding hydrogens is 291 g/mol. The number of alkyl halides is 3. The van der Waals surface area contributed by atoms with Crippen molar-refractivity contribution in [3.05, 3.63) is 47.0 Å². The molecule has 0 atom stereocenters. The first-order valence-corrected chi connectivity index (χ1v) is 6.17. The summed E-state index contributed by atoms with van der Waals surface area (Å²) in [7, 11) is 0. The second-order valence-electron chi connectivity index (χ2n) is 5.03. The van der Waals surface area contributed by atoms with Gasteiger partial charge in [0.15, 0.2) is 0 Å². The highest BCUT2D eigenvalue weighted by molar-refractivity contribution is 6.32. The maximum absolute atomic E-state index is 12.6. The number of halogens is 4. The van der Waals surface area contributed by atoms with E-state index in [1.165, 1.54) is 12.4 Å². The van der Waals surface area contributed by atoms with Crippen molar-refractivity contribution in [2.75, 3.05) is 0 Å². The molecule has 0 amide bonds. The molecule has 2 rings (SSSR count). The highest BCUT2D eigenvalue weighted by Crippen LogP contribution is 2.34. The number of aromatic nitrogens is 2. The van der Waals surface area contributed by atoms with Crippen molar-refractivity contribution in [1.82, 2.24) is 9.55 Å². The van der Waals surface area contributed by atoms with E-state index in [1.807, 2.05) is 0 Å². The van der Waals surface area contributed by atoms with Crippen LogP contribution >= 0.6 is 11.6 Å². The largest absolute Gasteiger partial charge is 0.416 e. The van der Waals surface area contributed by atoms with Crippen LogP contribution in [0.15, 0.2) is 30.7 Å². The fourth-order valence-corrected chi connectivity index (χ4v) is 2.11. The minimum atomic E-state index is -4.42. The molecule has 0 aliphatic heterocycles. The third kappa shape index (κ3) is 2.81. The van der Waals surface area contributed by atoms with Crippen LogP contribution in [0.4, 0.5) is 13.2 Å². The molecule has 7 heteroatoms. The van der Waals surface area contributed by atoms with Gasteiger partial charge in [0, 0.05) is 0 Å². The summed E-state index contributed by atoms with van der Waals surface area (Å²) in [5.74, 6) is 0. The zero-order valence-electron chi connectivity index (χ0n) is 10.9. The predicted molar refractivity (Wildman–Crippen MR) is 70.8 cm³/mol. The van der Waals surface area contributed by atoms with Crippen molar-refractivity contribution < 1.29 is 13.2 Å². The molecule has 0 aliphatic rings. The van der Waals surface area contributed by atoms with Crippen molar-refractivity contribution in [3.63, 3.8) is 0 Å². The van der Waals surface area contributed by atoms with Crippen LogP contribution in [0.1, 0.15) is 25.1 Å². The van der Waals surface area contributed by atoms with Crippen molar-refractivity contribution in [3.8, 4) is 5.69 Å². The fourth-order valence-electron chi connectivity index (χ4n) is 1.84. The smallest absolute Gasteiger partial charge is 0.321 e. The van der Waals surface area contributed by atoms with Gasteiger partial charge >= 0.3 is 6.18 Å². The number of imidazole rings is 1. The lowest BCUT2D eigenvalue weighted by Crippen LogP contribution is -2.31. The number of benzene rings is 1. The summed E-state index contributed by atoms with van der Waals surface area (Å²) in [6.07, 6.45) is -1.39. The lowest BCUT2D eigenvalue weighted by molar-refractivity contribution is -0.137. The van der Waals surface area contributed by atoms with Gasteiger partial charge < -0.3 is 5.73 Å². The highest BCUT2D eigenvalue weighted by atomic mass is 35.5. The first-order chi connectivity index (χ1) is 9.10. The Balaban J connectivity index is 2.53. The van der Waals surface area contributed by atoms with Gasteiger partial charge in [-0.3, -0.25) is 4.57 Å². The van der Waals surface area contributed by atoms with Crippen LogP contribution in [0, 0.1) is 0 Å². The van der Waals surface area contributed by atoms with Crippen LogP contribution in [0.3, 0.4) is 0 Å². The molecule has 0 radical (unpaired) electrons. The van der Waals surface area contributed by atoms with Crippen molar-refractivity contribution >= 4 is 11.6 Å². The Morgan fingerprint density at radius 1 is 1.25 bits per heavy atom. The van der Waals surface area contributed by atoms with Gasteiger partial charge in [0.25, 0.3) is 0 Å². The molecule has 0 fully saturated rings. The summed E-state index contributed by atoms with van der Waals surface area (Å²) >= 11 is 5.96. The molecule has 0 saturated carbocycles. The van der Waals surface area contributed by atoms with Gasteiger partial charge in [-0.15, -0.1) is 0 Å². The Labute approximate surface area is 119 Å². The molecule has 1 aromatic carbocycles. The normalized spacial score (nSPS) is 12.8. The summed E-state index contributed by atoms with van der Waals surface area (Å²) in [4.78, 5) is 3.98. The predicted octanol–water partition coefficient (Wildman–Crippen LogP) is 3.74. The van der Waals surface area contributed by atoms with E-state index in [1.54, 1.807) is 24.6 Å².